The van der Waals surface area contributed by atoms with Crippen molar-refractivity contribution in [2.45, 2.75) is 6.42 Å². The second-order valence-electron chi connectivity index (χ2n) is 5.51. The molecule has 0 spiro atoms. The third kappa shape index (κ3) is 3.65. The number of ketones is 1. The van der Waals surface area contributed by atoms with Crippen molar-refractivity contribution < 1.29 is 4.79 Å². The molecule has 0 bridgehead atoms. The van der Waals surface area contributed by atoms with Crippen molar-refractivity contribution in [2.24, 2.45) is 0 Å². The summed E-state index contributed by atoms with van der Waals surface area (Å²) in [6, 6.07) is 7.40. The fraction of sp³-hybridized carbons (Fsp3) is 0.353. The number of carbonyl (C=O) groups excluding carboxylic acids is 1. The summed E-state index contributed by atoms with van der Waals surface area (Å²) < 4.78 is 0. The lowest BCUT2D eigenvalue weighted by Gasteiger charge is -2.21. The predicted octanol–water partition coefficient (Wildman–Crippen LogP) is 1.55. The summed E-state index contributed by atoms with van der Waals surface area (Å²) in [5, 5.41) is 6.36. The molecule has 3 heterocycles. The summed E-state index contributed by atoms with van der Waals surface area (Å²) in [5.41, 5.74) is 1.80. The van der Waals surface area contributed by atoms with E-state index in [4.69, 9.17) is 0 Å². The summed E-state index contributed by atoms with van der Waals surface area (Å²) in [6.07, 6.45) is 4.34. The lowest BCUT2D eigenvalue weighted by atomic mass is 10.1. The van der Waals surface area contributed by atoms with Gasteiger partial charge in [0.25, 0.3) is 0 Å². The van der Waals surface area contributed by atoms with Crippen molar-refractivity contribution in [3.63, 3.8) is 0 Å². The maximum absolute atomic E-state index is 12.7. The third-order valence-electron chi connectivity index (χ3n) is 3.92. The molecule has 0 radical (unpaired) electrons. The van der Waals surface area contributed by atoms with E-state index in [1.807, 2.05) is 12.1 Å². The Morgan fingerprint density at radius 1 is 1.26 bits per heavy atom. The number of carbonyl (C=O) groups is 1. The van der Waals surface area contributed by atoms with Crippen LogP contribution in [0.15, 0.2) is 36.7 Å². The van der Waals surface area contributed by atoms with Gasteiger partial charge in [-0.1, -0.05) is 6.07 Å². The van der Waals surface area contributed by atoms with Gasteiger partial charge in [-0.25, -0.2) is 4.98 Å². The molecule has 0 unspecified atom stereocenters. The van der Waals surface area contributed by atoms with Gasteiger partial charge in [0.05, 0.1) is 5.69 Å². The number of hydrogen-bond acceptors (Lipinski definition) is 6. The van der Waals surface area contributed by atoms with Crippen LogP contribution < -0.4 is 15.5 Å². The van der Waals surface area contributed by atoms with Crippen LogP contribution in [0.3, 0.4) is 0 Å². The molecule has 6 heteroatoms. The molecule has 2 aromatic rings. The Bertz CT molecular complexity index is 680. The van der Waals surface area contributed by atoms with E-state index in [1.54, 1.807) is 31.6 Å². The van der Waals surface area contributed by atoms with Crippen LogP contribution in [-0.4, -0.2) is 49.0 Å². The summed E-state index contributed by atoms with van der Waals surface area (Å²) in [5.74, 6) is 0.752. The molecule has 0 aromatic carbocycles. The number of aromatic nitrogens is 2. The monoisotopic (exact) mass is 311 g/mol. The lowest BCUT2D eigenvalue weighted by Crippen LogP contribution is -2.28. The Morgan fingerprint density at radius 2 is 2.17 bits per heavy atom. The van der Waals surface area contributed by atoms with Gasteiger partial charge in [-0.2, -0.15) is 0 Å². The Kier molecular flexibility index (Phi) is 4.83. The van der Waals surface area contributed by atoms with Crippen LogP contribution in [0, 0.1) is 0 Å². The minimum atomic E-state index is -0.107. The normalized spacial score (nSPS) is 15.1. The first-order valence-corrected chi connectivity index (χ1v) is 7.88. The molecule has 1 saturated heterocycles. The van der Waals surface area contributed by atoms with Gasteiger partial charge in [0.1, 0.15) is 11.5 Å². The van der Waals surface area contributed by atoms with E-state index in [1.165, 1.54) is 0 Å². The summed E-state index contributed by atoms with van der Waals surface area (Å²) >= 11 is 0. The van der Waals surface area contributed by atoms with Gasteiger partial charge in [-0.3, -0.25) is 9.78 Å². The summed E-state index contributed by atoms with van der Waals surface area (Å²) in [6.45, 7) is 3.82. The highest BCUT2D eigenvalue weighted by Gasteiger charge is 2.15. The largest absolute Gasteiger partial charge is 0.387 e. The molecule has 1 aliphatic heterocycles. The predicted molar refractivity (Wildman–Crippen MR) is 91.2 cm³/mol. The fourth-order valence-electron chi connectivity index (χ4n) is 2.65. The molecule has 0 aliphatic carbocycles. The number of anilines is 2. The Hall–Kier alpha value is -2.47. The topological polar surface area (TPSA) is 70.2 Å². The van der Waals surface area contributed by atoms with Gasteiger partial charge in [-0.15, -0.1) is 0 Å². The van der Waals surface area contributed by atoms with Gasteiger partial charge < -0.3 is 15.5 Å². The maximum Gasteiger partial charge on any atom is 0.213 e. The van der Waals surface area contributed by atoms with Crippen molar-refractivity contribution in [3.05, 3.63) is 47.9 Å². The zero-order chi connectivity index (χ0) is 16.1. The van der Waals surface area contributed by atoms with Crippen LogP contribution in [0.4, 0.5) is 11.5 Å². The van der Waals surface area contributed by atoms with E-state index in [0.717, 1.165) is 44.1 Å². The molecule has 1 fully saturated rings. The first-order valence-electron chi connectivity index (χ1n) is 7.88. The quantitative estimate of drug-likeness (QED) is 0.835. The molecule has 0 saturated carbocycles. The van der Waals surface area contributed by atoms with Crippen LogP contribution in [0.25, 0.3) is 0 Å². The third-order valence-corrected chi connectivity index (χ3v) is 3.92. The summed E-state index contributed by atoms with van der Waals surface area (Å²) in [4.78, 5) is 23.5. The molecule has 23 heavy (non-hydrogen) atoms. The molecule has 3 rings (SSSR count). The zero-order valence-corrected chi connectivity index (χ0v) is 13.2. The van der Waals surface area contributed by atoms with E-state index in [2.05, 4.69) is 25.5 Å². The van der Waals surface area contributed by atoms with Gasteiger partial charge in [0.15, 0.2) is 0 Å². The van der Waals surface area contributed by atoms with Crippen molar-refractivity contribution in [1.29, 1.82) is 0 Å². The minimum absolute atomic E-state index is 0.107. The number of rotatable bonds is 4. The van der Waals surface area contributed by atoms with Crippen LogP contribution in [0.5, 0.6) is 0 Å². The second kappa shape index (κ2) is 7.19. The average molecular weight is 311 g/mol. The first-order chi connectivity index (χ1) is 11.3. The Labute approximate surface area is 135 Å². The molecule has 2 N–H and O–H groups in total. The molecule has 120 valence electrons. The standard InChI is InChI=1S/C17H21N5O/c1-18-14-10-13(11-20-12-14)17(23)15-4-2-5-16(21-15)22-8-3-6-19-7-9-22/h2,4-5,10-12,18-19H,3,6-9H2,1H3. The van der Waals surface area contributed by atoms with Crippen LogP contribution in [-0.2, 0) is 0 Å². The number of nitrogens with one attached hydrogen (secondary N) is 2. The van der Waals surface area contributed by atoms with E-state index < -0.39 is 0 Å². The van der Waals surface area contributed by atoms with Crippen molar-refractivity contribution in [1.82, 2.24) is 15.3 Å². The second-order valence-corrected chi connectivity index (χ2v) is 5.51. The molecular formula is C17H21N5O. The van der Waals surface area contributed by atoms with Gasteiger partial charge in [0.2, 0.25) is 5.78 Å². The van der Waals surface area contributed by atoms with Crippen LogP contribution in [0.2, 0.25) is 0 Å². The van der Waals surface area contributed by atoms with Crippen LogP contribution >= 0.6 is 0 Å². The van der Waals surface area contributed by atoms with Gasteiger partial charge in [-0.05, 0) is 31.2 Å². The van der Waals surface area contributed by atoms with E-state index >= 15 is 0 Å². The highest BCUT2D eigenvalue weighted by atomic mass is 16.1. The SMILES string of the molecule is CNc1cncc(C(=O)c2cccc(N3CCCNCC3)n2)c1. The molecule has 0 atom stereocenters. The van der Waals surface area contributed by atoms with Crippen molar-refractivity contribution in [2.75, 3.05) is 43.4 Å². The molecule has 2 aromatic heterocycles. The first kappa shape index (κ1) is 15.4. The van der Waals surface area contributed by atoms with E-state index in [-0.39, 0.29) is 5.78 Å². The highest BCUT2D eigenvalue weighted by Crippen LogP contribution is 2.16. The molecule has 1 aliphatic rings. The van der Waals surface area contributed by atoms with E-state index in [0.29, 0.717) is 11.3 Å². The lowest BCUT2D eigenvalue weighted by molar-refractivity contribution is 0.103. The smallest absolute Gasteiger partial charge is 0.213 e. The number of pyridine rings is 2. The summed E-state index contributed by atoms with van der Waals surface area (Å²) in [7, 11) is 1.80. The zero-order valence-electron chi connectivity index (χ0n) is 13.2. The van der Waals surface area contributed by atoms with Crippen molar-refractivity contribution >= 4 is 17.3 Å². The minimum Gasteiger partial charge on any atom is -0.387 e. The highest BCUT2D eigenvalue weighted by molar-refractivity contribution is 6.08. The number of hydrogen-bond donors (Lipinski definition) is 2. The molecule has 0 amide bonds. The van der Waals surface area contributed by atoms with Gasteiger partial charge in [0, 0.05) is 44.6 Å². The van der Waals surface area contributed by atoms with Crippen molar-refractivity contribution in [3.8, 4) is 0 Å². The van der Waals surface area contributed by atoms with Crippen LogP contribution in [0.1, 0.15) is 22.5 Å². The van der Waals surface area contributed by atoms with E-state index in [9.17, 15) is 4.79 Å². The number of nitrogens with zero attached hydrogens (tertiary/aromatic N) is 3. The molecular weight excluding hydrogens is 290 g/mol. The van der Waals surface area contributed by atoms with Gasteiger partial charge >= 0.3 is 0 Å². The fourth-order valence-corrected chi connectivity index (χ4v) is 2.65. The Balaban J connectivity index is 1.84. The average Bonchev–Trinajstić information content (AvgIpc) is 2.90. The Morgan fingerprint density at radius 3 is 3.04 bits per heavy atom. The maximum atomic E-state index is 12.7. The molecule has 6 nitrogen and oxygen atoms in total.